The van der Waals surface area contributed by atoms with Gasteiger partial charge in [0.15, 0.2) is 0 Å². The first-order valence-electron chi connectivity index (χ1n) is 6.97. The van der Waals surface area contributed by atoms with Crippen molar-refractivity contribution >= 4 is 6.09 Å². The molecule has 1 aliphatic heterocycles. The summed E-state index contributed by atoms with van der Waals surface area (Å²) < 4.78 is 5.01. The maximum atomic E-state index is 11.8. The number of carbonyl (C=O) groups excluding carboxylic acids is 1. The van der Waals surface area contributed by atoms with E-state index < -0.39 is 0 Å². The summed E-state index contributed by atoms with van der Waals surface area (Å²) in [7, 11) is 0. The van der Waals surface area contributed by atoms with Gasteiger partial charge in [-0.05, 0) is 16.7 Å². The lowest BCUT2D eigenvalue weighted by atomic mass is 9.99. The minimum Gasteiger partial charge on any atom is -0.447 e. The Morgan fingerprint density at radius 3 is 2.57 bits per heavy atom. The molecule has 1 N–H and O–H groups in total. The molecule has 1 saturated heterocycles. The monoisotopic (exact) mass is 283 g/mol. The van der Waals surface area contributed by atoms with Gasteiger partial charge in [-0.25, -0.2) is 4.79 Å². The number of aliphatic hydroxyl groups is 1. The van der Waals surface area contributed by atoms with Crippen LogP contribution >= 0.6 is 0 Å². The first-order chi connectivity index (χ1) is 10.3. The lowest BCUT2D eigenvalue weighted by molar-refractivity contribution is 0.151. The van der Waals surface area contributed by atoms with E-state index in [0.717, 1.165) is 16.7 Å². The van der Waals surface area contributed by atoms with Crippen LogP contribution in [0.3, 0.4) is 0 Å². The molecule has 0 radical (unpaired) electrons. The highest BCUT2D eigenvalue weighted by Gasteiger charge is 2.32. The van der Waals surface area contributed by atoms with Crippen LogP contribution in [0.5, 0.6) is 0 Å². The van der Waals surface area contributed by atoms with Crippen LogP contribution in [0.15, 0.2) is 54.6 Å². The summed E-state index contributed by atoms with van der Waals surface area (Å²) in [4.78, 5) is 13.4. The zero-order chi connectivity index (χ0) is 14.7. The van der Waals surface area contributed by atoms with Crippen LogP contribution in [0.25, 0.3) is 11.1 Å². The number of hydrogen-bond donors (Lipinski definition) is 1. The Balaban J connectivity index is 1.91. The minimum absolute atomic E-state index is 0.0841. The van der Waals surface area contributed by atoms with Crippen LogP contribution in [-0.4, -0.2) is 35.4 Å². The first kappa shape index (κ1) is 13.6. The molecule has 0 bridgehead atoms. The fourth-order valence-corrected chi connectivity index (χ4v) is 2.58. The van der Waals surface area contributed by atoms with Crippen molar-refractivity contribution in [3.05, 3.63) is 60.2 Å². The normalized spacial score (nSPS) is 17.9. The first-order valence-corrected chi connectivity index (χ1v) is 6.97. The Labute approximate surface area is 123 Å². The second-order valence-corrected chi connectivity index (χ2v) is 5.06. The van der Waals surface area contributed by atoms with Crippen LogP contribution in [0.4, 0.5) is 4.79 Å². The third-order valence-corrected chi connectivity index (χ3v) is 3.73. The Kier molecular flexibility index (Phi) is 3.88. The van der Waals surface area contributed by atoms with Gasteiger partial charge in [0.25, 0.3) is 0 Å². The number of amides is 1. The molecule has 0 spiro atoms. The molecule has 0 aromatic heterocycles. The number of benzene rings is 2. The van der Waals surface area contributed by atoms with Crippen LogP contribution < -0.4 is 0 Å². The molecule has 1 fully saturated rings. The maximum absolute atomic E-state index is 11.8. The average Bonchev–Trinajstić information content (AvgIpc) is 2.89. The van der Waals surface area contributed by atoms with E-state index in [1.807, 2.05) is 54.6 Å². The highest BCUT2D eigenvalue weighted by Crippen LogP contribution is 2.26. The predicted molar refractivity (Wildman–Crippen MR) is 79.6 cm³/mol. The van der Waals surface area contributed by atoms with Gasteiger partial charge in [-0.1, -0.05) is 54.6 Å². The second kappa shape index (κ2) is 5.97. The summed E-state index contributed by atoms with van der Waals surface area (Å²) in [5.74, 6) is 0. The van der Waals surface area contributed by atoms with Gasteiger partial charge in [0.2, 0.25) is 0 Å². The lowest BCUT2D eigenvalue weighted by Crippen LogP contribution is -2.35. The van der Waals surface area contributed by atoms with E-state index >= 15 is 0 Å². The van der Waals surface area contributed by atoms with E-state index in [0.29, 0.717) is 6.54 Å². The van der Waals surface area contributed by atoms with Gasteiger partial charge in [-0.15, -0.1) is 0 Å². The Morgan fingerprint density at radius 2 is 1.81 bits per heavy atom. The second-order valence-electron chi connectivity index (χ2n) is 5.06. The van der Waals surface area contributed by atoms with E-state index in [-0.39, 0.29) is 25.3 Å². The molecule has 21 heavy (non-hydrogen) atoms. The van der Waals surface area contributed by atoms with Crippen molar-refractivity contribution in [1.82, 2.24) is 4.90 Å². The van der Waals surface area contributed by atoms with Crippen molar-refractivity contribution in [1.29, 1.82) is 0 Å². The van der Waals surface area contributed by atoms with Gasteiger partial charge in [-0.3, -0.25) is 4.90 Å². The Bertz CT molecular complexity index is 627. The Hall–Kier alpha value is -2.33. The zero-order valence-electron chi connectivity index (χ0n) is 11.6. The largest absolute Gasteiger partial charge is 0.447 e. The summed E-state index contributed by atoms with van der Waals surface area (Å²) in [6.07, 6.45) is -0.364. The predicted octanol–water partition coefficient (Wildman–Crippen LogP) is 2.67. The summed E-state index contributed by atoms with van der Waals surface area (Å²) >= 11 is 0. The third-order valence-electron chi connectivity index (χ3n) is 3.73. The molecule has 108 valence electrons. The summed E-state index contributed by atoms with van der Waals surface area (Å²) in [6, 6.07) is 17.8. The van der Waals surface area contributed by atoms with Crippen LogP contribution in [0, 0.1) is 0 Å². The summed E-state index contributed by atoms with van der Waals surface area (Å²) in [5, 5.41) is 9.34. The van der Waals surface area contributed by atoms with Gasteiger partial charge < -0.3 is 9.84 Å². The number of rotatable bonds is 4. The van der Waals surface area contributed by atoms with Gasteiger partial charge >= 0.3 is 6.09 Å². The fraction of sp³-hybridized carbons (Fsp3) is 0.235. The van der Waals surface area contributed by atoms with Gasteiger partial charge in [0.1, 0.15) is 6.61 Å². The van der Waals surface area contributed by atoms with Crippen molar-refractivity contribution < 1.29 is 14.6 Å². The van der Waals surface area contributed by atoms with E-state index in [9.17, 15) is 9.90 Å². The van der Waals surface area contributed by atoms with Gasteiger partial charge in [0, 0.05) is 0 Å². The summed E-state index contributed by atoms with van der Waals surface area (Å²) in [6.45, 7) is 0.608. The molecule has 1 atom stereocenters. The molecule has 1 heterocycles. The number of carbonyl (C=O) groups is 1. The van der Waals surface area contributed by atoms with Crippen LogP contribution in [-0.2, 0) is 11.3 Å². The molecule has 0 aliphatic carbocycles. The highest BCUT2D eigenvalue weighted by atomic mass is 16.6. The molecule has 2 aromatic carbocycles. The number of ether oxygens (including phenoxy) is 1. The van der Waals surface area contributed by atoms with E-state index in [1.165, 1.54) is 0 Å². The van der Waals surface area contributed by atoms with E-state index in [1.54, 1.807) is 4.90 Å². The highest BCUT2D eigenvalue weighted by molar-refractivity contribution is 5.72. The third kappa shape index (κ3) is 2.76. The molecule has 3 rings (SSSR count). The van der Waals surface area contributed by atoms with E-state index in [2.05, 4.69) is 0 Å². The standard InChI is InChI=1S/C17H17NO3/c19-11-15-12-21-17(20)18(15)10-14-8-4-5-9-16(14)13-6-2-1-3-7-13/h1-9,15,19H,10-12H2/t15-/m0/s1. The topological polar surface area (TPSA) is 49.8 Å². The number of hydrogen-bond acceptors (Lipinski definition) is 3. The van der Waals surface area contributed by atoms with Crippen molar-refractivity contribution in [2.45, 2.75) is 12.6 Å². The molecule has 4 heteroatoms. The van der Waals surface area contributed by atoms with Gasteiger partial charge in [-0.2, -0.15) is 0 Å². The quantitative estimate of drug-likeness (QED) is 0.938. The summed E-state index contributed by atoms with van der Waals surface area (Å²) in [5.41, 5.74) is 3.25. The van der Waals surface area contributed by atoms with Crippen molar-refractivity contribution in [3.63, 3.8) is 0 Å². The lowest BCUT2D eigenvalue weighted by Gasteiger charge is -2.21. The number of aliphatic hydroxyl groups excluding tert-OH is 1. The van der Waals surface area contributed by atoms with Crippen LogP contribution in [0.2, 0.25) is 0 Å². The molecule has 4 nitrogen and oxygen atoms in total. The van der Waals surface area contributed by atoms with E-state index in [4.69, 9.17) is 4.74 Å². The van der Waals surface area contributed by atoms with Gasteiger partial charge in [0.05, 0.1) is 19.2 Å². The van der Waals surface area contributed by atoms with Crippen molar-refractivity contribution in [2.75, 3.05) is 13.2 Å². The van der Waals surface area contributed by atoms with Crippen molar-refractivity contribution in [2.24, 2.45) is 0 Å². The van der Waals surface area contributed by atoms with Crippen molar-refractivity contribution in [3.8, 4) is 11.1 Å². The average molecular weight is 283 g/mol. The zero-order valence-corrected chi connectivity index (χ0v) is 11.6. The fourth-order valence-electron chi connectivity index (χ4n) is 2.58. The Morgan fingerprint density at radius 1 is 1.10 bits per heavy atom. The SMILES string of the molecule is O=C1OC[C@H](CO)N1Cc1ccccc1-c1ccccc1. The maximum Gasteiger partial charge on any atom is 0.410 e. The molecule has 0 saturated carbocycles. The number of cyclic esters (lactones) is 1. The minimum atomic E-state index is -0.364. The molecular formula is C17H17NO3. The molecule has 0 unspecified atom stereocenters. The van der Waals surface area contributed by atoms with Crippen LogP contribution in [0.1, 0.15) is 5.56 Å². The smallest absolute Gasteiger partial charge is 0.410 e. The number of nitrogens with zero attached hydrogens (tertiary/aromatic N) is 1. The molecular weight excluding hydrogens is 266 g/mol. The molecule has 1 amide bonds. The molecule has 2 aromatic rings. The molecule has 1 aliphatic rings.